The normalized spacial score (nSPS) is 14.9. The molecule has 34 heavy (non-hydrogen) atoms. The topological polar surface area (TPSA) is 114 Å². The molecule has 0 bridgehead atoms. The van der Waals surface area contributed by atoms with E-state index in [4.69, 9.17) is 4.42 Å². The number of hydrazine groups is 1. The van der Waals surface area contributed by atoms with E-state index in [0.717, 1.165) is 0 Å². The Morgan fingerprint density at radius 1 is 0.853 bits per heavy atom. The summed E-state index contributed by atoms with van der Waals surface area (Å²) >= 11 is 0. The molecule has 4 amide bonds. The Kier molecular flexibility index (Phi) is 5.21. The standard InChI is InChI=1S/C25H20N4O5/c30-21(15-16-28-19-13-7-8-14-20(19)34-24(28)33)27-29-22(31)25(26-23(29)32,17-9-3-1-4-10-17)18-11-5-2-6-12-18/h1-14H,15-16H2,(H,26,32)(H,27,30). The second-order valence-electron chi connectivity index (χ2n) is 7.83. The number of carbonyl (C=O) groups excluding carboxylic acids is 3. The van der Waals surface area contributed by atoms with Crippen LogP contribution in [0, 0.1) is 0 Å². The highest BCUT2D eigenvalue weighted by Crippen LogP contribution is 2.35. The second kappa shape index (κ2) is 8.36. The summed E-state index contributed by atoms with van der Waals surface area (Å²) in [5.74, 6) is -1.82. The van der Waals surface area contributed by atoms with Crippen molar-refractivity contribution in [2.24, 2.45) is 0 Å². The fourth-order valence-corrected chi connectivity index (χ4v) is 4.19. The van der Waals surface area contributed by atoms with Crippen LogP contribution in [0.15, 0.2) is 94.1 Å². The number of urea groups is 1. The molecule has 5 rings (SSSR count). The third-order valence-corrected chi connectivity index (χ3v) is 5.81. The van der Waals surface area contributed by atoms with Crippen LogP contribution in [0.5, 0.6) is 0 Å². The summed E-state index contributed by atoms with van der Waals surface area (Å²) < 4.78 is 6.50. The Labute approximate surface area is 193 Å². The van der Waals surface area contributed by atoms with Gasteiger partial charge in [-0.15, -0.1) is 0 Å². The molecule has 0 saturated carbocycles. The molecular weight excluding hydrogens is 436 g/mol. The number of rotatable bonds is 6. The minimum Gasteiger partial charge on any atom is -0.408 e. The molecule has 1 fully saturated rings. The summed E-state index contributed by atoms with van der Waals surface area (Å²) in [4.78, 5) is 51.3. The number of nitrogens with one attached hydrogen (secondary N) is 2. The molecular formula is C25H20N4O5. The number of amides is 4. The number of carbonyl (C=O) groups is 3. The molecule has 2 N–H and O–H groups in total. The number of benzene rings is 3. The van der Waals surface area contributed by atoms with Crippen molar-refractivity contribution in [2.45, 2.75) is 18.5 Å². The van der Waals surface area contributed by atoms with E-state index in [2.05, 4.69) is 10.7 Å². The smallest absolute Gasteiger partial charge is 0.408 e. The van der Waals surface area contributed by atoms with Crippen LogP contribution in [0.3, 0.4) is 0 Å². The van der Waals surface area contributed by atoms with Crippen molar-refractivity contribution in [3.05, 3.63) is 107 Å². The van der Waals surface area contributed by atoms with Crippen molar-refractivity contribution in [2.75, 3.05) is 0 Å². The van der Waals surface area contributed by atoms with Gasteiger partial charge in [0, 0.05) is 13.0 Å². The summed E-state index contributed by atoms with van der Waals surface area (Å²) in [5, 5.41) is 3.45. The van der Waals surface area contributed by atoms with E-state index in [1.807, 2.05) is 12.1 Å². The predicted molar refractivity (Wildman–Crippen MR) is 122 cm³/mol. The van der Waals surface area contributed by atoms with E-state index in [-0.39, 0.29) is 13.0 Å². The molecule has 0 atom stereocenters. The minimum absolute atomic E-state index is 0.0217. The molecule has 170 valence electrons. The maximum Gasteiger partial charge on any atom is 0.419 e. The summed E-state index contributed by atoms with van der Waals surface area (Å²) in [6.07, 6.45) is -0.149. The number of nitrogens with zero attached hydrogens (tertiary/aromatic N) is 2. The van der Waals surface area contributed by atoms with Gasteiger partial charge in [0.05, 0.1) is 5.52 Å². The summed E-state index contributed by atoms with van der Waals surface area (Å²) in [6, 6.07) is 23.8. The van der Waals surface area contributed by atoms with Gasteiger partial charge in [-0.1, -0.05) is 72.8 Å². The van der Waals surface area contributed by atoms with Crippen LogP contribution in [-0.2, 0) is 21.7 Å². The Bertz CT molecular complexity index is 1400. The zero-order valence-corrected chi connectivity index (χ0v) is 17.9. The first-order valence-electron chi connectivity index (χ1n) is 10.7. The van der Waals surface area contributed by atoms with Crippen LogP contribution in [0.25, 0.3) is 11.1 Å². The van der Waals surface area contributed by atoms with Crippen molar-refractivity contribution in [3.63, 3.8) is 0 Å². The summed E-state index contributed by atoms with van der Waals surface area (Å²) in [5.41, 5.74) is 3.01. The maximum absolute atomic E-state index is 13.6. The molecule has 1 aliphatic heterocycles. The van der Waals surface area contributed by atoms with E-state index < -0.39 is 29.1 Å². The van der Waals surface area contributed by atoms with E-state index >= 15 is 0 Å². The summed E-state index contributed by atoms with van der Waals surface area (Å²) in [7, 11) is 0. The van der Waals surface area contributed by atoms with Crippen molar-refractivity contribution >= 4 is 28.9 Å². The predicted octanol–water partition coefficient (Wildman–Crippen LogP) is 2.51. The van der Waals surface area contributed by atoms with Gasteiger partial charge >= 0.3 is 11.8 Å². The molecule has 0 unspecified atom stereocenters. The van der Waals surface area contributed by atoms with Crippen LogP contribution in [0.4, 0.5) is 4.79 Å². The van der Waals surface area contributed by atoms with Gasteiger partial charge in [0.25, 0.3) is 5.91 Å². The lowest BCUT2D eigenvalue weighted by molar-refractivity contribution is -0.138. The Morgan fingerprint density at radius 3 is 2.09 bits per heavy atom. The molecule has 0 radical (unpaired) electrons. The third kappa shape index (κ3) is 3.43. The molecule has 1 saturated heterocycles. The number of para-hydroxylation sites is 2. The molecule has 0 aliphatic carbocycles. The number of imide groups is 1. The highest BCUT2D eigenvalue weighted by atomic mass is 16.4. The molecule has 3 aromatic carbocycles. The number of aryl methyl sites for hydroxylation is 1. The van der Waals surface area contributed by atoms with E-state index in [1.54, 1.807) is 72.8 Å². The Hall–Kier alpha value is -4.66. The van der Waals surface area contributed by atoms with Gasteiger partial charge in [0.2, 0.25) is 5.91 Å². The summed E-state index contributed by atoms with van der Waals surface area (Å²) in [6.45, 7) is 0.0217. The Morgan fingerprint density at radius 2 is 1.44 bits per heavy atom. The monoisotopic (exact) mass is 456 g/mol. The quantitative estimate of drug-likeness (QED) is 0.433. The number of aromatic nitrogens is 1. The lowest BCUT2D eigenvalue weighted by Gasteiger charge is -2.27. The van der Waals surface area contributed by atoms with Crippen molar-refractivity contribution < 1.29 is 18.8 Å². The minimum atomic E-state index is -1.48. The van der Waals surface area contributed by atoms with Crippen LogP contribution in [0.1, 0.15) is 17.5 Å². The highest BCUT2D eigenvalue weighted by molar-refractivity contribution is 6.10. The van der Waals surface area contributed by atoms with Crippen LogP contribution >= 0.6 is 0 Å². The molecule has 0 spiro atoms. The van der Waals surface area contributed by atoms with E-state index in [1.165, 1.54) is 4.57 Å². The lowest BCUT2D eigenvalue weighted by Crippen LogP contribution is -2.49. The Balaban J connectivity index is 1.39. The van der Waals surface area contributed by atoms with Crippen molar-refractivity contribution in [3.8, 4) is 0 Å². The molecule has 1 aliphatic rings. The third-order valence-electron chi connectivity index (χ3n) is 5.81. The molecule has 4 aromatic rings. The van der Waals surface area contributed by atoms with Crippen molar-refractivity contribution in [1.82, 2.24) is 20.3 Å². The molecule has 1 aromatic heterocycles. The average Bonchev–Trinajstić information content (AvgIpc) is 3.32. The molecule has 2 heterocycles. The number of hydrogen-bond acceptors (Lipinski definition) is 5. The first-order chi connectivity index (χ1) is 16.5. The van der Waals surface area contributed by atoms with Crippen LogP contribution in [0.2, 0.25) is 0 Å². The van der Waals surface area contributed by atoms with Gasteiger partial charge in [-0.3, -0.25) is 19.6 Å². The second-order valence-corrected chi connectivity index (χ2v) is 7.83. The maximum atomic E-state index is 13.6. The van der Waals surface area contributed by atoms with Gasteiger partial charge in [-0.05, 0) is 23.3 Å². The highest BCUT2D eigenvalue weighted by Gasteiger charge is 2.54. The fourth-order valence-electron chi connectivity index (χ4n) is 4.19. The number of hydrogen-bond donors (Lipinski definition) is 2. The van der Waals surface area contributed by atoms with E-state index in [0.29, 0.717) is 27.2 Å². The zero-order chi connectivity index (χ0) is 23.7. The first kappa shape index (κ1) is 21.2. The van der Waals surface area contributed by atoms with E-state index in [9.17, 15) is 19.2 Å². The van der Waals surface area contributed by atoms with Crippen molar-refractivity contribution in [1.29, 1.82) is 0 Å². The van der Waals surface area contributed by atoms with Gasteiger partial charge in [0.15, 0.2) is 11.1 Å². The van der Waals surface area contributed by atoms with Gasteiger partial charge < -0.3 is 9.73 Å². The van der Waals surface area contributed by atoms with Gasteiger partial charge in [-0.2, -0.15) is 5.01 Å². The van der Waals surface area contributed by atoms with Gasteiger partial charge in [0.1, 0.15) is 0 Å². The van der Waals surface area contributed by atoms with Gasteiger partial charge in [-0.25, -0.2) is 9.59 Å². The van der Waals surface area contributed by atoms with Crippen LogP contribution in [-0.4, -0.2) is 27.4 Å². The average molecular weight is 456 g/mol. The molecule has 9 heteroatoms. The number of oxazole rings is 1. The molecule has 9 nitrogen and oxygen atoms in total. The zero-order valence-electron chi connectivity index (χ0n) is 17.9. The largest absolute Gasteiger partial charge is 0.419 e. The fraction of sp³-hybridized carbons (Fsp3) is 0.120. The SMILES string of the molecule is O=C(CCn1c(=O)oc2ccccc21)NN1C(=O)NC(c2ccccc2)(c2ccccc2)C1=O. The van der Waals surface area contributed by atoms with Crippen LogP contribution < -0.4 is 16.5 Å². The lowest BCUT2D eigenvalue weighted by atomic mass is 9.83. The number of fused-ring (bicyclic) bond motifs is 1. The first-order valence-corrected chi connectivity index (χ1v) is 10.7.